The van der Waals surface area contributed by atoms with Crippen LogP contribution in [0.4, 0.5) is 11.5 Å². The van der Waals surface area contributed by atoms with Gasteiger partial charge in [0.25, 0.3) is 0 Å². The molecule has 0 saturated heterocycles. The molecule has 1 aromatic rings. The van der Waals surface area contributed by atoms with E-state index in [1.165, 1.54) is 25.7 Å². The van der Waals surface area contributed by atoms with Crippen LogP contribution in [0.1, 0.15) is 25.7 Å². The lowest BCUT2D eigenvalue weighted by molar-refractivity contribution is 0.545. The predicted octanol–water partition coefficient (Wildman–Crippen LogP) is 1.69. The van der Waals surface area contributed by atoms with Crippen LogP contribution in [-0.2, 0) is 0 Å². The van der Waals surface area contributed by atoms with Crippen LogP contribution in [0.15, 0.2) is 12.5 Å². The molecule has 4 heteroatoms. The third kappa shape index (κ3) is 2.37. The number of nitrogens with zero attached hydrogens (tertiary/aromatic N) is 3. The lowest BCUT2D eigenvalue weighted by Crippen LogP contribution is -2.25. The Labute approximate surface area is 90.5 Å². The van der Waals surface area contributed by atoms with E-state index >= 15 is 0 Å². The zero-order chi connectivity index (χ0) is 10.7. The highest BCUT2D eigenvalue weighted by Crippen LogP contribution is 2.27. The maximum atomic E-state index is 5.83. The number of anilines is 2. The van der Waals surface area contributed by atoms with Crippen molar-refractivity contribution in [1.82, 2.24) is 9.97 Å². The third-order valence-electron chi connectivity index (χ3n) is 3.09. The molecule has 15 heavy (non-hydrogen) atoms. The van der Waals surface area contributed by atoms with E-state index in [0.717, 1.165) is 18.3 Å². The summed E-state index contributed by atoms with van der Waals surface area (Å²) in [6, 6.07) is 0. The van der Waals surface area contributed by atoms with Gasteiger partial charge in [-0.1, -0.05) is 12.8 Å². The van der Waals surface area contributed by atoms with Gasteiger partial charge < -0.3 is 10.6 Å². The molecule has 0 unspecified atom stereocenters. The van der Waals surface area contributed by atoms with Crippen LogP contribution in [0.25, 0.3) is 0 Å². The zero-order valence-electron chi connectivity index (χ0n) is 9.19. The van der Waals surface area contributed by atoms with Crippen LogP contribution < -0.4 is 10.6 Å². The number of hydrogen-bond donors (Lipinski definition) is 1. The Bertz CT molecular complexity index is 320. The normalized spacial score (nSPS) is 16.9. The van der Waals surface area contributed by atoms with Crippen LogP contribution in [0.5, 0.6) is 0 Å². The van der Waals surface area contributed by atoms with Crippen molar-refractivity contribution in [3.63, 3.8) is 0 Å². The molecule has 0 aliphatic heterocycles. The van der Waals surface area contributed by atoms with Gasteiger partial charge in [-0.25, -0.2) is 9.97 Å². The van der Waals surface area contributed by atoms with Crippen LogP contribution in [-0.4, -0.2) is 23.6 Å². The molecule has 0 spiro atoms. The van der Waals surface area contributed by atoms with E-state index in [9.17, 15) is 0 Å². The van der Waals surface area contributed by atoms with E-state index in [4.69, 9.17) is 5.73 Å². The van der Waals surface area contributed by atoms with Gasteiger partial charge in [0.15, 0.2) is 5.82 Å². The molecule has 1 aliphatic carbocycles. The first kappa shape index (κ1) is 10.2. The molecule has 0 amide bonds. The van der Waals surface area contributed by atoms with Gasteiger partial charge in [-0.3, -0.25) is 0 Å². The van der Waals surface area contributed by atoms with E-state index in [0.29, 0.717) is 5.69 Å². The fraction of sp³-hybridized carbons (Fsp3) is 0.636. The van der Waals surface area contributed by atoms with Gasteiger partial charge in [0, 0.05) is 13.6 Å². The second kappa shape index (κ2) is 4.47. The fourth-order valence-electron chi connectivity index (χ4n) is 2.32. The Kier molecular flexibility index (Phi) is 3.04. The first-order chi connectivity index (χ1) is 7.27. The van der Waals surface area contributed by atoms with Crippen molar-refractivity contribution in [2.75, 3.05) is 24.2 Å². The second-order valence-corrected chi connectivity index (χ2v) is 4.33. The van der Waals surface area contributed by atoms with Crippen LogP contribution in [0, 0.1) is 5.92 Å². The fourth-order valence-corrected chi connectivity index (χ4v) is 2.32. The molecule has 0 aromatic carbocycles. The van der Waals surface area contributed by atoms with Gasteiger partial charge in [0.1, 0.15) is 6.33 Å². The largest absolute Gasteiger partial charge is 0.394 e. The lowest BCUT2D eigenvalue weighted by atomic mass is 10.1. The standard InChI is InChI=1S/C11H18N4/c1-15(7-9-4-2-3-5-9)11-10(12)6-13-8-14-11/h6,8-9H,2-5,7,12H2,1H3. The Hall–Kier alpha value is -1.32. The SMILES string of the molecule is CN(CC1CCCC1)c1ncncc1N. The van der Waals surface area contributed by atoms with Gasteiger partial charge in [-0.2, -0.15) is 0 Å². The van der Waals surface area contributed by atoms with Crippen LogP contribution in [0.3, 0.4) is 0 Å². The van der Waals surface area contributed by atoms with E-state index in [1.54, 1.807) is 12.5 Å². The molecule has 1 aliphatic rings. The molecule has 2 rings (SSSR count). The van der Waals surface area contributed by atoms with E-state index < -0.39 is 0 Å². The molecule has 1 saturated carbocycles. The molecule has 1 heterocycles. The van der Waals surface area contributed by atoms with E-state index in [-0.39, 0.29) is 0 Å². The topological polar surface area (TPSA) is 55.0 Å². The quantitative estimate of drug-likeness (QED) is 0.817. The summed E-state index contributed by atoms with van der Waals surface area (Å²) in [6.07, 6.45) is 8.64. The molecule has 0 atom stereocenters. The Morgan fingerprint density at radius 3 is 2.87 bits per heavy atom. The summed E-state index contributed by atoms with van der Waals surface area (Å²) in [4.78, 5) is 10.3. The minimum absolute atomic E-state index is 0.665. The predicted molar refractivity (Wildman–Crippen MR) is 61.7 cm³/mol. The van der Waals surface area contributed by atoms with E-state index in [1.807, 2.05) is 0 Å². The smallest absolute Gasteiger partial charge is 0.154 e. The van der Waals surface area contributed by atoms with Crippen molar-refractivity contribution in [1.29, 1.82) is 0 Å². The average molecular weight is 206 g/mol. The summed E-state index contributed by atoms with van der Waals surface area (Å²) in [7, 11) is 2.05. The molecule has 1 aromatic heterocycles. The maximum absolute atomic E-state index is 5.83. The summed E-state index contributed by atoms with van der Waals surface area (Å²) in [5.74, 6) is 1.67. The minimum Gasteiger partial charge on any atom is -0.394 e. The maximum Gasteiger partial charge on any atom is 0.154 e. The second-order valence-electron chi connectivity index (χ2n) is 4.33. The van der Waals surface area contributed by atoms with Crippen LogP contribution >= 0.6 is 0 Å². The van der Waals surface area contributed by atoms with Gasteiger partial charge in [0.2, 0.25) is 0 Å². The van der Waals surface area contributed by atoms with Crippen molar-refractivity contribution < 1.29 is 0 Å². The number of aromatic nitrogens is 2. The highest BCUT2D eigenvalue weighted by Gasteiger charge is 2.18. The monoisotopic (exact) mass is 206 g/mol. The summed E-state index contributed by atoms with van der Waals surface area (Å²) >= 11 is 0. The number of nitrogen functional groups attached to an aromatic ring is 1. The van der Waals surface area contributed by atoms with Crippen molar-refractivity contribution in [2.24, 2.45) is 5.92 Å². The molecular weight excluding hydrogens is 188 g/mol. The Morgan fingerprint density at radius 1 is 1.47 bits per heavy atom. The number of hydrogen-bond acceptors (Lipinski definition) is 4. The summed E-state index contributed by atoms with van der Waals surface area (Å²) in [5, 5.41) is 0. The van der Waals surface area contributed by atoms with E-state index in [2.05, 4.69) is 21.9 Å². The summed E-state index contributed by atoms with van der Waals surface area (Å²) < 4.78 is 0. The minimum atomic E-state index is 0.665. The van der Waals surface area contributed by atoms with Crippen LogP contribution in [0.2, 0.25) is 0 Å². The van der Waals surface area contributed by atoms with Crippen molar-refractivity contribution in [3.05, 3.63) is 12.5 Å². The molecule has 1 fully saturated rings. The highest BCUT2D eigenvalue weighted by molar-refractivity contribution is 5.60. The third-order valence-corrected chi connectivity index (χ3v) is 3.09. The summed E-state index contributed by atoms with van der Waals surface area (Å²) in [6.45, 7) is 1.06. The van der Waals surface area contributed by atoms with Gasteiger partial charge >= 0.3 is 0 Å². The highest BCUT2D eigenvalue weighted by atomic mass is 15.2. The first-order valence-corrected chi connectivity index (χ1v) is 5.54. The average Bonchev–Trinajstić information content (AvgIpc) is 2.71. The van der Waals surface area contributed by atoms with Crippen molar-refractivity contribution in [3.8, 4) is 0 Å². The Balaban J connectivity index is 2.00. The number of rotatable bonds is 3. The van der Waals surface area contributed by atoms with Gasteiger partial charge in [0.05, 0.1) is 11.9 Å². The summed E-state index contributed by atoms with van der Waals surface area (Å²) in [5.41, 5.74) is 6.49. The first-order valence-electron chi connectivity index (χ1n) is 5.54. The molecule has 2 N–H and O–H groups in total. The molecule has 0 bridgehead atoms. The van der Waals surface area contributed by atoms with Crippen molar-refractivity contribution >= 4 is 11.5 Å². The lowest BCUT2D eigenvalue weighted by Gasteiger charge is -2.22. The molecule has 0 radical (unpaired) electrons. The zero-order valence-corrected chi connectivity index (χ0v) is 9.19. The van der Waals surface area contributed by atoms with Gasteiger partial charge in [-0.15, -0.1) is 0 Å². The van der Waals surface area contributed by atoms with Gasteiger partial charge in [-0.05, 0) is 18.8 Å². The Morgan fingerprint density at radius 2 is 2.20 bits per heavy atom. The number of nitrogens with two attached hydrogens (primary N) is 1. The molecule has 4 nitrogen and oxygen atoms in total. The van der Waals surface area contributed by atoms with Crippen molar-refractivity contribution in [2.45, 2.75) is 25.7 Å². The molecular formula is C11H18N4. The molecule has 82 valence electrons.